The van der Waals surface area contributed by atoms with Crippen LogP contribution in [0.2, 0.25) is 0 Å². The van der Waals surface area contributed by atoms with Crippen LogP contribution in [0.15, 0.2) is 0 Å². The summed E-state index contributed by atoms with van der Waals surface area (Å²) in [5.74, 6) is -20.2. The van der Waals surface area contributed by atoms with Gasteiger partial charge in [0.15, 0.2) is 5.78 Å². The maximum absolute atomic E-state index is 13.4. The summed E-state index contributed by atoms with van der Waals surface area (Å²) in [6.45, 7) is 0.165. The number of ketones is 1. The zero-order chi connectivity index (χ0) is 28.4. The van der Waals surface area contributed by atoms with Crippen LogP contribution in [0.25, 0.3) is 0 Å². The van der Waals surface area contributed by atoms with Crippen molar-refractivity contribution in [1.82, 2.24) is 0 Å². The van der Waals surface area contributed by atoms with Gasteiger partial charge in [-0.05, 0) is 12.8 Å². The second-order valence-electron chi connectivity index (χ2n) is 9.87. The van der Waals surface area contributed by atoms with E-state index in [1.165, 1.54) is 0 Å². The average molecular weight is 549 g/mol. The Morgan fingerprint density at radius 1 is 0.778 bits per heavy atom. The first-order valence-corrected chi connectivity index (χ1v) is 11.5. The standard InChI is InChI=1S/C22H34F9NO4/c1-32(2,3)14-17(13-18(34)35)36-15-16(33)11-9-7-5-4-6-8-10-12-19(23,24)20(25,26)21(27,28)22(29,30)31/h17H,4-15H2,1-3H3/p+1. The van der Waals surface area contributed by atoms with E-state index in [9.17, 15) is 49.1 Å². The number of hydrogen-bond acceptors (Lipinski definition) is 3. The maximum atomic E-state index is 13.4. The predicted octanol–water partition coefficient (Wildman–Crippen LogP) is 6.10. The average Bonchev–Trinajstić information content (AvgIpc) is 2.68. The van der Waals surface area contributed by atoms with Crippen molar-refractivity contribution in [3.05, 3.63) is 0 Å². The minimum Gasteiger partial charge on any atom is -0.481 e. The molecule has 0 rings (SSSR count). The van der Waals surface area contributed by atoms with Gasteiger partial charge < -0.3 is 14.3 Å². The van der Waals surface area contributed by atoms with Gasteiger partial charge in [-0.3, -0.25) is 9.59 Å². The molecule has 0 spiro atoms. The molecule has 14 heteroatoms. The van der Waals surface area contributed by atoms with Crippen molar-refractivity contribution in [3.63, 3.8) is 0 Å². The van der Waals surface area contributed by atoms with E-state index in [1.807, 2.05) is 21.1 Å². The molecule has 1 atom stereocenters. The molecule has 0 bridgehead atoms. The highest BCUT2D eigenvalue weighted by Gasteiger charge is 2.81. The number of carboxylic acids is 1. The highest BCUT2D eigenvalue weighted by atomic mass is 19.4. The summed E-state index contributed by atoms with van der Waals surface area (Å²) < 4.78 is 121. The fraction of sp³-hybridized carbons (Fsp3) is 0.909. The number of rotatable bonds is 19. The number of carbonyl (C=O) groups is 2. The number of unbranched alkanes of at least 4 members (excludes halogenated alkanes) is 6. The van der Waals surface area contributed by atoms with Gasteiger partial charge in [-0.2, -0.15) is 39.5 Å². The third-order valence-corrected chi connectivity index (χ3v) is 5.29. The number of nitrogens with zero attached hydrogens (tertiary/aromatic N) is 1. The lowest BCUT2D eigenvalue weighted by Crippen LogP contribution is -2.60. The number of hydrogen-bond donors (Lipinski definition) is 1. The van der Waals surface area contributed by atoms with Crippen molar-refractivity contribution in [2.24, 2.45) is 0 Å². The third kappa shape index (κ3) is 11.7. The molecule has 0 amide bonds. The van der Waals surface area contributed by atoms with Gasteiger partial charge in [-0.15, -0.1) is 0 Å². The van der Waals surface area contributed by atoms with Crippen LogP contribution in [0.3, 0.4) is 0 Å². The van der Waals surface area contributed by atoms with Crippen LogP contribution in [-0.4, -0.2) is 85.7 Å². The van der Waals surface area contributed by atoms with Crippen molar-refractivity contribution in [3.8, 4) is 0 Å². The smallest absolute Gasteiger partial charge is 0.460 e. The molecule has 1 unspecified atom stereocenters. The Morgan fingerprint density at radius 3 is 1.69 bits per heavy atom. The number of halogens is 9. The monoisotopic (exact) mass is 548 g/mol. The number of alkyl halides is 9. The summed E-state index contributed by atoms with van der Waals surface area (Å²) in [4.78, 5) is 22.9. The number of Topliss-reactive ketones (excluding diaryl/α,β-unsaturated/α-hetero) is 1. The van der Waals surface area contributed by atoms with Crippen molar-refractivity contribution in [2.75, 3.05) is 34.3 Å². The Labute approximate surface area is 204 Å². The van der Waals surface area contributed by atoms with E-state index >= 15 is 0 Å². The SMILES string of the molecule is C[N+](C)(C)CC(CC(=O)O)OCC(=O)CCCCCCCCCC(F)(F)C(F)(F)C(F)(F)C(F)(F)F. The van der Waals surface area contributed by atoms with Crippen LogP contribution in [-0.2, 0) is 14.3 Å². The van der Waals surface area contributed by atoms with Crippen LogP contribution in [0, 0.1) is 0 Å². The largest absolute Gasteiger partial charge is 0.481 e. The molecule has 0 aromatic carbocycles. The Kier molecular flexibility index (Phi) is 13.2. The summed E-state index contributed by atoms with van der Waals surface area (Å²) in [5, 5.41) is 8.95. The topological polar surface area (TPSA) is 63.6 Å². The number of ether oxygens (including phenoxy) is 1. The van der Waals surface area contributed by atoms with Crippen LogP contribution >= 0.6 is 0 Å². The van der Waals surface area contributed by atoms with Gasteiger partial charge in [0.1, 0.15) is 19.3 Å². The van der Waals surface area contributed by atoms with Gasteiger partial charge in [0.05, 0.1) is 27.6 Å². The second-order valence-corrected chi connectivity index (χ2v) is 9.87. The molecular formula is C22H35F9NO4+. The van der Waals surface area contributed by atoms with Gasteiger partial charge in [-0.1, -0.05) is 32.1 Å². The van der Waals surface area contributed by atoms with Gasteiger partial charge in [0, 0.05) is 12.8 Å². The van der Waals surface area contributed by atoms with E-state index in [0.717, 1.165) is 0 Å². The molecule has 0 saturated carbocycles. The number of quaternary nitrogens is 1. The molecule has 0 heterocycles. The Bertz CT molecular complexity index is 692. The molecular weight excluding hydrogens is 513 g/mol. The minimum atomic E-state index is -6.85. The van der Waals surface area contributed by atoms with Crippen LogP contribution < -0.4 is 0 Å². The lowest BCUT2D eigenvalue weighted by molar-refractivity contribution is -0.873. The number of likely N-dealkylation sites (N-methyl/N-ethyl adjacent to an activating group) is 1. The lowest BCUT2D eigenvalue weighted by atomic mass is 9.97. The van der Waals surface area contributed by atoms with Crippen molar-refractivity contribution in [2.45, 2.75) is 94.3 Å². The molecule has 0 aliphatic rings. The molecule has 0 saturated heterocycles. The first-order valence-electron chi connectivity index (χ1n) is 11.5. The Morgan fingerprint density at radius 2 is 1.25 bits per heavy atom. The lowest BCUT2D eigenvalue weighted by Gasteiger charge is -2.33. The normalized spacial score (nSPS) is 14.7. The molecule has 214 valence electrons. The number of carboxylic acid groups (broad SMARTS) is 1. The Hall–Kier alpha value is -1.57. The zero-order valence-electron chi connectivity index (χ0n) is 20.6. The molecule has 0 aromatic heterocycles. The summed E-state index contributed by atoms with van der Waals surface area (Å²) in [5.41, 5.74) is 0. The maximum Gasteiger partial charge on any atom is 0.460 e. The van der Waals surface area contributed by atoms with Gasteiger partial charge in [0.2, 0.25) is 0 Å². The fourth-order valence-corrected chi connectivity index (χ4v) is 3.38. The molecule has 0 fully saturated rings. The molecule has 5 nitrogen and oxygen atoms in total. The van der Waals surface area contributed by atoms with Crippen LogP contribution in [0.4, 0.5) is 39.5 Å². The molecule has 1 N–H and O–H groups in total. The van der Waals surface area contributed by atoms with Crippen molar-refractivity contribution in [1.29, 1.82) is 0 Å². The van der Waals surface area contributed by atoms with E-state index in [-0.39, 0.29) is 38.1 Å². The van der Waals surface area contributed by atoms with Gasteiger partial charge in [-0.25, -0.2) is 0 Å². The molecule has 0 aliphatic heterocycles. The summed E-state index contributed by atoms with van der Waals surface area (Å²) >= 11 is 0. The Balaban J connectivity index is 4.17. The van der Waals surface area contributed by atoms with E-state index in [2.05, 4.69) is 0 Å². The zero-order valence-corrected chi connectivity index (χ0v) is 20.6. The number of aliphatic carboxylic acids is 1. The molecule has 0 radical (unpaired) electrons. The van der Waals surface area contributed by atoms with E-state index in [0.29, 0.717) is 36.7 Å². The van der Waals surface area contributed by atoms with E-state index < -0.39 is 48.9 Å². The van der Waals surface area contributed by atoms with Crippen molar-refractivity contribution >= 4 is 11.8 Å². The summed E-state index contributed by atoms with van der Waals surface area (Å²) in [6.07, 6.45) is -7.65. The fourth-order valence-electron chi connectivity index (χ4n) is 3.38. The highest BCUT2D eigenvalue weighted by molar-refractivity contribution is 5.79. The first kappa shape index (κ1) is 34.4. The molecule has 0 aromatic rings. The molecule has 0 aliphatic carbocycles. The van der Waals surface area contributed by atoms with Crippen LogP contribution in [0.1, 0.15) is 64.2 Å². The van der Waals surface area contributed by atoms with E-state index in [4.69, 9.17) is 9.84 Å². The quantitative estimate of drug-likeness (QED) is 0.120. The first-order chi connectivity index (χ1) is 16.1. The van der Waals surface area contributed by atoms with Crippen LogP contribution in [0.5, 0.6) is 0 Å². The van der Waals surface area contributed by atoms with Crippen molar-refractivity contribution < 1.29 is 63.4 Å². The minimum absolute atomic E-state index is 0.0622. The van der Waals surface area contributed by atoms with E-state index in [1.54, 1.807) is 0 Å². The molecule has 36 heavy (non-hydrogen) atoms. The van der Waals surface area contributed by atoms with Gasteiger partial charge >= 0.3 is 29.9 Å². The second kappa shape index (κ2) is 13.8. The number of carbonyl (C=O) groups excluding carboxylic acids is 1. The summed E-state index contributed by atoms with van der Waals surface area (Å²) in [7, 11) is 5.56. The van der Waals surface area contributed by atoms with Gasteiger partial charge in [0.25, 0.3) is 0 Å². The predicted molar refractivity (Wildman–Crippen MR) is 112 cm³/mol. The third-order valence-electron chi connectivity index (χ3n) is 5.29. The summed E-state index contributed by atoms with van der Waals surface area (Å²) in [6, 6.07) is 0. The highest BCUT2D eigenvalue weighted by Crippen LogP contribution is 2.54.